The summed E-state index contributed by atoms with van der Waals surface area (Å²) in [6, 6.07) is 18.9. The topological polar surface area (TPSA) is 84.6 Å². The number of aromatic nitrogens is 3. The van der Waals surface area contributed by atoms with Crippen molar-refractivity contribution >= 4 is 28.6 Å². The molecule has 1 aromatic heterocycles. The lowest BCUT2D eigenvalue weighted by Gasteiger charge is -2.22. The van der Waals surface area contributed by atoms with Crippen LogP contribution in [-0.4, -0.2) is 51.2 Å². The van der Waals surface area contributed by atoms with E-state index in [2.05, 4.69) is 56.0 Å². The quantitative estimate of drug-likeness (QED) is 0.251. The average Bonchev–Trinajstić information content (AvgIpc) is 3.62. The maximum absolute atomic E-state index is 12.7. The molecule has 0 saturated carbocycles. The molecule has 218 valence electrons. The highest BCUT2D eigenvalue weighted by atomic mass is 32.2. The zero-order valence-electron chi connectivity index (χ0n) is 23.2. The molecule has 1 fully saturated rings. The number of carbonyl (C=O) groups is 1. The van der Waals surface area contributed by atoms with Crippen LogP contribution >= 0.6 is 11.8 Å². The predicted molar refractivity (Wildman–Crippen MR) is 158 cm³/mol. The van der Waals surface area contributed by atoms with Crippen LogP contribution in [0.15, 0.2) is 78.0 Å². The van der Waals surface area contributed by atoms with E-state index in [0.717, 1.165) is 40.2 Å². The zero-order chi connectivity index (χ0) is 29.9. The molecule has 5 rings (SSSR count). The largest absolute Gasteiger partial charge is 0.573 e. The van der Waals surface area contributed by atoms with Gasteiger partial charge in [0.25, 0.3) is 0 Å². The number of aliphatic imine (C=N–C) groups is 1. The van der Waals surface area contributed by atoms with Crippen molar-refractivity contribution in [2.45, 2.75) is 33.1 Å². The number of nitrogens with zero attached hydrogens (tertiary/aromatic N) is 5. The van der Waals surface area contributed by atoms with Gasteiger partial charge in [0.15, 0.2) is 11.0 Å². The number of urea groups is 1. The number of carbonyl (C=O) groups excluding carboxylic acids is 1. The van der Waals surface area contributed by atoms with Gasteiger partial charge in [-0.05, 0) is 60.7 Å². The number of hydrogen-bond acceptors (Lipinski definition) is 5. The van der Waals surface area contributed by atoms with Gasteiger partial charge in [0.05, 0.1) is 5.69 Å². The average molecular weight is 595 g/mol. The number of thioether (sulfide) groups is 1. The van der Waals surface area contributed by atoms with Crippen molar-refractivity contribution in [1.29, 1.82) is 0 Å². The van der Waals surface area contributed by atoms with Gasteiger partial charge in [-0.15, -0.1) is 18.3 Å². The number of para-hydroxylation sites is 1. The maximum Gasteiger partial charge on any atom is 0.573 e. The van der Waals surface area contributed by atoms with Gasteiger partial charge in [0.1, 0.15) is 12.1 Å². The van der Waals surface area contributed by atoms with E-state index in [1.54, 1.807) is 11.8 Å². The zero-order valence-corrected chi connectivity index (χ0v) is 24.0. The number of benzene rings is 3. The molecule has 1 saturated heterocycles. The lowest BCUT2D eigenvalue weighted by molar-refractivity contribution is -0.274. The lowest BCUT2D eigenvalue weighted by Crippen LogP contribution is -2.30. The molecule has 1 atom stereocenters. The first-order chi connectivity index (χ1) is 20.1. The Morgan fingerprint density at radius 3 is 2.43 bits per heavy atom. The van der Waals surface area contributed by atoms with E-state index in [9.17, 15) is 18.0 Å². The van der Waals surface area contributed by atoms with E-state index in [-0.39, 0.29) is 17.7 Å². The molecule has 3 aromatic carbocycles. The van der Waals surface area contributed by atoms with E-state index in [1.165, 1.54) is 35.3 Å². The summed E-state index contributed by atoms with van der Waals surface area (Å²) in [4.78, 5) is 23.5. The molecule has 0 spiro atoms. The van der Waals surface area contributed by atoms with Crippen LogP contribution < -0.4 is 15.0 Å². The summed E-state index contributed by atoms with van der Waals surface area (Å²) in [7, 11) is 0. The molecule has 1 unspecified atom stereocenters. The number of alkyl halides is 3. The fourth-order valence-corrected chi connectivity index (χ4v) is 5.64. The first-order valence-electron chi connectivity index (χ1n) is 13.3. The number of amides is 2. The van der Waals surface area contributed by atoms with E-state index in [4.69, 9.17) is 0 Å². The minimum absolute atomic E-state index is 0.0390. The van der Waals surface area contributed by atoms with Crippen LogP contribution in [0.25, 0.3) is 17.1 Å². The van der Waals surface area contributed by atoms with Gasteiger partial charge in [0.2, 0.25) is 0 Å². The minimum atomic E-state index is -4.75. The number of nitrogens with one attached hydrogen (secondary N) is 1. The Hall–Kier alpha value is -4.32. The highest BCUT2D eigenvalue weighted by Crippen LogP contribution is 2.31. The first-order valence-corrected chi connectivity index (χ1v) is 14.3. The van der Waals surface area contributed by atoms with Gasteiger partial charge in [-0.2, -0.15) is 4.99 Å². The summed E-state index contributed by atoms with van der Waals surface area (Å²) in [6.07, 6.45) is -3.25. The van der Waals surface area contributed by atoms with Gasteiger partial charge in [-0.3, -0.25) is 0 Å². The molecule has 1 aliphatic heterocycles. The third-order valence-corrected chi connectivity index (χ3v) is 7.76. The Balaban J connectivity index is 1.18. The Morgan fingerprint density at radius 2 is 1.76 bits per heavy atom. The van der Waals surface area contributed by atoms with Crippen molar-refractivity contribution in [1.82, 2.24) is 20.1 Å². The second-order valence-corrected chi connectivity index (χ2v) is 11.0. The standard InChI is InChI=1S/C30H29F3N6O2S/c1-19-5-4-6-20(2)26(19)38-15-16-42-29(38)36-28(40)34-17-21(3)22-7-9-23(10-8-22)27-35-18-39(37-27)24-11-13-25(14-12-24)41-30(31,32)33/h4-14,18,21H,15-17H2,1-3H3,(H,34,40)/b36-29-. The van der Waals surface area contributed by atoms with Crippen molar-refractivity contribution in [2.75, 3.05) is 23.7 Å². The number of anilines is 1. The van der Waals surface area contributed by atoms with Gasteiger partial charge < -0.3 is 15.0 Å². The van der Waals surface area contributed by atoms with E-state index < -0.39 is 6.36 Å². The Kier molecular flexibility index (Phi) is 8.53. The van der Waals surface area contributed by atoms with Crippen LogP contribution in [0.2, 0.25) is 0 Å². The summed E-state index contributed by atoms with van der Waals surface area (Å²) < 4.78 is 42.6. The molecule has 12 heteroatoms. The molecule has 42 heavy (non-hydrogen) atoms. The molecular formula is C30H29F3N6O2S. The third-order valence-electron chi connectivity index (χ3n) is 6.81. The van der Waals surface area contributed by atoms with Crippen LogP contribution in [0, 0.1) is 13.8 Å². The number of amidine groups is 1. The fraction of sp³-hybridized carbons (Fsp3) is 0.267. The van der Waals surface area contributed by atoms with Crippen molar-refractivity contribution < 1.29 is 22.7 Å². The van der Waals surface area contributed by atoms with Crippen molar-refractivity contribution in [2.24, 2.45) is 4.99 Å². The third kappa shape index (κ3) is 6.93. The second-order valence-electron chi connectivity index (χ2n) is 9.90. The minimum Gasteiger partial charge on any atom is -0.406 e. The van der Waals surface area contributed by atoms with Crippen LogP contribution in [0.4, 0.5) is 23.7 Å². The normalized spacial score (nSPS) is 15.2. The Labute approximate surface area is 245 Å². The molecule has 4 aromatic rings. The summed E-state index contributed by atoms with van der Waals surface area (Å²) in [5.41, 5.74) is 5.76. The Bertz CT molecular complexity index is 1570. The Morgan fingerprint density at radius 1 is 1.07 bits per heavy atom. The second kappa shape index (κ2) is 12.3. The highest BCUT2D eigenvalue weighted by molar-refractivity contribution is 8.14. The van der Waals surface area contributed by atoms with Crippen molar-refractivity contribution in [3.05, 3.63) is 89.7 Å². The van der Waals surface area contributed by atoms with E-state index in [0.29, 0.717) is 23.2 Å². The predicted octanol–water partition coefficient (Wildman–Crippen LogP) is 6.87. The van der Waals surface area contributed by atoms with Crippen LogP contribution in [-0.2, 0) is 0 Å². The number of ether oxygens (including phenoxy) is 1. The summed E-state index contributed by atoms with van der Waals surface area (Å²) >= 11 is 1.58. The summed E-state index contributed by atoms with van der Waals surface area (Å²) in [5.74, 6) is 1.07. The van der Waals surface area contributed by atoms with E-state index >= 15 is 0 Å². The fourth-order valence-electron chi connectivity index (χ4n) is 4.70. The lowest BCUT2D eigenvalue weighted by atomic mass is 10.00. The first kappa shape index (κ1) is 29.2. The molecule has 0 radical (unpaired) electrons. The van der Waals surface area contributed by atoms with Gasteiger partial charge in [0, 0.05) is 30.1 Å². The maximum atomic E-state index is 12.7. The molecular weight excluding hydrogens is 565 g/mol. The number of rotatable bonds is 7. The molecule has 8 nitrogen and oxygen atoms in total. The van der Waals surface area contributed by atoms with Gasteiger partial charge in [-0.1, -0.05) is 61.2 Å². The highest BCUT2D eigenvalue weighted by Gasteiger charge is 2.31. The number of aryl methyl sites for hydroxylation is 2. The van der Waals surface area contributed by atoms with Crippen LogP contribution in [0.5, 0.6) is 5.75 Å². The molecule has 0 bridgehead atoms. The summed E-state index contributed by atoms with van der Waals surface area (Å²) in [5, 5.41) is 8.08. The van der Waals surface area contributed by atoms with Crippen molar-refractivity contribution in [3.8, 4) is 22.8 Å². The molecule has 1 N–H and O–H groups in total. The number of halogens is 3. The van der Waals surface area contributed by atoms with Crippen LogP contribution in [0.3, 0.4) is 0 Å². The molecule has 2 amide bonds. The smallest absolute Gasteiger partial charge is 0.406 e. The summed E-state index contributed by atoms with van der Waals surface area (Å²) in [6.45, 7) is 7.38. The molecule has 0 aliphatic carbocycles. The van der Waals surface area contributed by atoms with Gasteiger partial charge in [-0.25, -0.2) is 14.5 Å². The molecule has 1 aliphatic rings. The number of hydrogen-bond donors (Lipinski definition) is 1. The monoisotopic (exact) mass is 594 g/mol. The molecule has 2 heterocycles. The van der Waals surface area contributed by atoms with Crippen molar-refractivity contribution in [3.63, 3.8) is 0 Å². The van der Waals surface area contributed by atoms with Crippen LogP contribution in [0.1, 0.15) is 29.5 Å². The SMILES string of the molecule is Cc1cccc(C)c1N1CCS/C1=N\C(=O)NCC(C)c1ccc(-c2ncn(-c3ccc(OC(F)(F)F)cc3)n2)cc1. The van der Waals surface area contributed by atoms with E-state index in [1.807, 2.05) is 37.3 Å². The van der Waals surface area contributed by atoms with Gasteiger partial charge >= 0.3 is 12.4 Å².